The number of hydrogen-bond donors (Lipinski definition) is 0. The largest absolute Gasteiger partial charge is 0.556 e. The maximum atomic E-state index is 12.7. The van der Waals surface area contributed by atoms with Crippen LogP contribution in [0.4, 0.5) is 18.9 Å². The molecule has 144 valence electrons. The molecule has 0 saturated heterocycles. The van der Waals surface area contributed by atoms with Crippen molar-refractivity contribution in [3.05, 3.63) is 50.7 Å². The first kappa shape index (κ1) is 21.0. The number of aromatic nitrogens is 1. The summed E-state index contributed by atoms with van der Waals surface area (Å²) >= 11 is 5.81. The summed E-state index contributed by atoms with van der Waals surface area (Å²) in [5, 5.41) is 10.6. The first-order valence-corrected chi connectivity index (χ1v) is 8.87. The van der Waals surface area contributed by atoms with E-state index in [1.54, 1.807) is 6.92 Å². The number of pyridine rings is 1. The molecule has 12 heteroatoms. The van der Waals surface area contributed by atoms with E-state index < -0.39 is 35.4 Å². The highest BCUT2D eigenvalue weighted by Crippen LogP contribution is 2.37. The lowest BCUT2D eigenvalue weighted by atomic mass is 10.1. The lowest BCUT2D eigenvalue weighted by molar-refractivity contribution is -0.383. The van der Waals surface area contributed by atoms with E-state index in [4.69, 9.17) is 16.3 Å². The van der Waals surface area contributed by atoms with Crippen LogP contribution in [-0.2, 0) is 21.7 Å². The van der Waals surface area contributed by atoms with Crippen molar-refractivity contribution >= 4 is 30.6 Å². The zero-order chi connectivity index (χ0) is 20.4. The van der Waals surface area contributed by atoms with Crippen LogP contribution < -0.4 is 10.0 Å². The first-order valence-electron chi connectivity index (χ1n) is 7.31. The normalized spacial score (nSPS) is 12.0. The Morgan fingerprint density at radius 1 is 1.33 bits per heavy atom. The predicted octanol–water partition coefficient (Wildman–Crippen LogP) is 5.03. The molecule has 1 heterocycles. The van der Waals surface area contributed by atoms with Gasteiger partial charge in [-0.15, -0.1) is 4.52 Å². The summed E-state index contributed by atoms with van der Waals surface area (Å²) in [6.07, 6.45) is -3.78. The Morgan fingerprint density at radius 2 is 2.00 bits per heavy atom. The van der Waals surface area contributed by atoms with Gasteiger partial charge in [-0.05, 0) is 17.1 Å². The quantitative estimate of drug-likeness (QED) is 0.367. The fourth-order valence-electron chi connectivity index (χ4n) is 2.12. The lowest BCUT2D eigenvalue weighted by Crippen LogP contribution is -2.09. The molecule has 0 aliphatic rings. The number of nitro groups is 1. The number of alkyl halides is 3. The van der Waals surface area contributed by atoms with E-state index in [1.807, 2.05) is 0 Å². The molecule has 1 aromatic carbocycles. The topological polar surface area (TPSA) is 91.6 Å². The van der Waals surface area contributed by atoms with Gasteiger partial charge in [0.2, 0.25) is 5.88 Å². The van der Waals surface area contributed by atoms with Crippen molar-refractivity contribution in [2.45, 2.75) is 19.5 Å². The molecule has 0 radical (unpaired) electrons. The summed E-state index contributed by atoms with van der Waals surface area (Å²) in [4.78, 5) is 14.0. The van der Waals surface area contributed by atoms with Crippen LogP contribution in [0, 0.1) is 10.1 Å². The summed E-state index contributed by atoms with van der Waals surface area (Å²) in [5.41, 5.74) is -1.13. The molecule has 0 aliphatic carbocycles. The van der Waals surface area contributed by atoms with Crippen molar-refractivity contribution in [2.75, 3.05) is 7.11 Å². The van der Waals surface area contributed by atoms with E-state index >= 15 is 0 Å². The third-order valence-electron chi connectivity index (χ3n) is 3.44. The summed E-state index contributed by atoms with van der Waals surface area (Å²) in [6, 6.07) is 2.95. The minimum atomic E-state index is -4.62. The number of hydrogen-bond acceptors (Lipinski definition) is 6. The Labute approximate surface area is 157 Å². The van der Waals surface area contributed by atoms with Crippen LogP contribution >= 0.6 is 19.6 Å². The molecule has 0 amide bonds. The van der Waals surface area contributed by atoms with Gasteiger partial charge in [0, 0.05) is 23.9 Å². The van der Waals surface area contributed by atoms with Gasteiger partial charge >= 0.3 is 25.2 Å². The predicted molar refractivity (Wildman–Crippen MR) is 91.0 cm³/mol. The zero-order valence-electron chi connectivity index (χ0n) is 13.9. The van der Waals surface area contributed by atoms with E-state index in [0.29, 0.717) is 24.2 Å². The first-order chi connectivity index (χ1) is 12.6. The van der Waals surface area contributed by atoms with Crippen LogP contribution in [0.3, 0.4) is 0 Å². The molecule has 2 rings (SSSR count). The monoisotopic (exact) mass is 423 g/mol. The van der Waals surface area contributed by atoms with Crippen LogP contribution in [0.2, 0.25) is 5.02 Å². The number of halogens is 4. The Kier molecular flexibility index (Phi) is 6.35. The Bertz CT molecular complexity index is 908. The lowest BCUT2D eigenvalue weighted by Gasteiger charge is -2.12. The van der Waals surface area contributed by atoms with Gasteiger partial charge in [0.05, 0.1) is 17.6 Å². The van der Waals surface area contributed by atoms with Crippen LogP contribution in [0.1, 0.15) is 18.1 Å². The Hall–Kier alpha value is -2.29. The minimum Gasteiger partial charge on any atom is -0.437 e. The highest BCUT2D eigenvalue weighted by atomic mass is 35.5. The molecular weight excluding hydrogens is 412 g/mol. The Balaban J connectivity index is 2.52. The highest BCUT2D eigenvalue weighted by molar-refractivity contribution is 7.48. The SMILES string of the molecule is CCc1cc([N+](=O)[O-])c([P+](=O)OC)cc1Oc1ncc(C(F)(F)F)cc1Cl. The average molecular weight is 424 g/mol. The van der Waals surface area contributed by atoms with Crippen molar-refractivity contribution in [3.8, 4) is 11.6 Å². The smallest absolute Gasteiger partial charge is 0.437 e. The van der Waals surface area contributed by atoms with Gasteiger partial charge in [0.25, 0.3) is 0 Å². The molecule has 7 nitrogen and oxygen atoms in total. The number of nitrogens with zero attached hydrogens (tertiary/aromatic N) is 2. The molecule has 27 heavy (non-hydrogen) atoms. The van der Waals surface area contributed by atoms with E-state index in [2.05, 4.69) is 9.51 Å². The van der Waals surface area contributed by atoms with Gasteiger partial charge in [-0.2, -0.15) is 13.2 Å². The summed E-state index contributed by atoms with van der Waals surface area (Å²) in [5.74, 6) is -0.306. The maximum Gasteiger partial charge on any atom is 0.556 e. The van der Waals surface area contributed by atoms with Crippen LogP contribution in [0.5, 0.6) is 11.6 Å². The molecule has 2 aromatic rings. The molecule has 0 fully saturated rings. The molecule has 1 aromatic heterocycles. The van der Waals surface area contributed by atoms with Crippen LogP contribution in [0.15, 0.2) is 24.4 Å². The number of rotatable bonds is 6. The second-order valence-electron chi connectivity index (χ2n) is 5.11. The Morgan fingerprint density at radius 3 is 2.48 bits per heavy atom. The maximum absolute atomic E-state index is 12.7. The molecule has 0 aliphatic heterocycles. The fraction of sp³-hybridized carbons (Fsp3) is 0.267. The van der Waals surface area contributed by atoms with Crippen molar-refractivity contribution in [2.24, 2.45) is 0 Å². The van der Waals surface area contributed by atoms with Gasteiger partial charge in [-0.25, -0.2) is 4.98 Å². The third kappa shape index (κ3) is 4.71. The summed E-state index contributed by atoms with van der Waals surface area (Å²) < 4.78 is 60.2. The van der Waals surface area contributed by atoms with Gasteiger partial charge in [-0.1, -0.05) is 18.5 Å². The van der Waals surface area contributed by atoms with Gasteiger partial charge in [-0.3, -0.25) is 10.1 Å². The standard InChI is InChI=1S/C15H12ClF3N2O5P/c1-3-8-4-11(21(22)23)13(27(24)25-2)6-12(8)26-14-10(16)5-9(7-20-14)15(17,18)19/h4-7H,3H2,1-2H3/q+1. The van der Waals surface area contributed by atoms with Crippen LogP contribution in [-0.4, -0.2) is 17.0 Å². The fourth-order valence-corrected chi connectivity index (χ4v) is 3.08. The molecule has 0 bridgehead atoms. The van der Waals surface area contributed by atoms with E-state index in [9.17, 15) is 27.9 Å². The second-order valence-corrected chi connectivity index (χ2v) is 6.88. The molecule has 0 N–H and O–H groups in total. The van der Waals surface area contributed by atoms with E-state index in [-0.39, 0.29) is 16.9 Å². The number of benzene rings is 1. The molecule has 0 saturated carbocycles. The molecule has 1 atom stereocenters. The number of ether oxygens (including phenoxy) is 1. The average Bonchev–Trinajstić information content (AvgIpc) is 2.61. The van der Waals surface area contributed by atoms with Crippen molar-refractivity contribution in [3.63, 3.8) is 0 Å². The van der Waals surface area contributed by atoms with Crippen molar-refractivity contribution in [1.29, 1.82) is 0 Å². The molecule has 1 unspecified atom stereocenters. The van der Waals surface area contributed by atoms with Crippen molar-refractivity contribution in [1.82, 2.24) is 4.98 Å². The van der Waals surface area contributed by atoms with E-state index in [0.717, 1.165) is 19.2 Å². The summed E-state index contributed by atoms with van der Waals surface area (Å²) in [6.45, 7) is 1.68. The second kappa shape index (κ2) is 8.16. The number of aryl methyl sites for hydroxylation is 1. The van der Waals surface area contributed by atoms with Gasteiger partial charge in [0.15, 0.2) is 0 Å². The molecule has 0 spiro atoms. The zero-order valence-corrected chi connectivity index (χ0v) is 15.6. The minimum absolute atomic E-state index is 0.0210. The van der Waals surface area contributed by atoms with Crippen molar-refractivity contribution < 1.29 is 31.9 Å². The van der Waals surface area contributed by atoms with E-state index in [1.165, 1.54) is 0 Å². The summed E-state index contributed by atoms with van der Waals surface area (Å²) in [7, 11) is -1.42. The van der Waals surface area contributed by atoms with Gasteiger partial charge < -0.3 is 4.74 Å². The highest BCUT2D eigenvalue weighted by Gasteiger charge is 2.35. The van der Waals surface area contributed by atoms with Crippen LogP contribution in [0.25, 0.3) is 0 Å². The third-order valence-corrected chi connectivity index (χ3v) is 4.79. The van der Waals surface area contributed by atoms with Gasteiger partial charge in [0.1, 0.15) is 10.8 Å². The molecular formula is C15H12ClF3N2O5P+. The number of nitro benzene ring substituents is 1.